The highest BCUT2D eigenvalue weighted by Crippen LogP contribution is 2.20. The Hall–Kier alpha value is -3.34. The highest BCUT2D eigenvalue weighted by Gasteiger charge is 2.22. The zero-order chi connectivity index (χ0) is 20.2. The Morgan fingerprint density at radius 1 is 0.897 bits per heavy atom. The maximum absolute atomic E-state index is 12.9. The van der Waals surface area contributed by atoms with Crippen molar-refractivity contribution in [2.24, 2.45) is 0 Å². The zero-order valence-electron chi connectivity index (χ0n) is 16.9. The topological polar surface area (TPSA) is 48.5 Å². The lowest BCUT2D eigenvalue weighted by Gasteiger charge is -2.36. The minimum Gasteiger partial charge on any atom is -0.368 e. The van der Waals surface area contributed by atoms with E-state index in [0.29, 0.717) is 5.56 Å². The van der Waals surface area contributed by atoms with Crippen LogP contribution in [0, 0.1) is 13.8 Å². The maximum Gasteiger partial charge on any atom is 0.255 e. The van der Waals surface area contributed by atoms with Gasteiger partial charge in [-0.3, -0.25) is 4.79 Å². The summed E-state index contributed by atoms with van der Waals surface area (Å²) in [6, 6.07) is 20.4. The van der Waals surface area contributed by atoms with Crippen LogP contribution >= 0.6 is 0 Å². The first kappa shape index (κ1) is 19.0. The van der Waals surface area contributed by atoms with Crippen molar-refractivity contribution >= 4 is 23.1 Å². The summed E-state index contributed by atoms with van der Waals surface area (Å²) >= 11 is 0. The zero-order valence-corrected chi connectivity index (χ0v) is 16.9. The van der Waals surface area contributed by atoms with E-state index in [1.54, 1.807) is 6.20 Å². The monoisotopic (exact) mass is 386 g/mol. The Labute approximate surface area is 172 Å². The van der Waals surface area contributed by atoms with Crippen LogP contribution in [0.5, 0.6) is 0 Å². The first-order chi connectivity index (χ1) is 14.1. The molecule has 1 saturated heterocycles. The van der Waals surface area contributed by atoms with Crippen LogP contribution in [0.15, 0.2) is 66.9 Å². The largest absolute Gasteiger partial charge is 0.368 e. The van der Waals surface area contributed by atoms with Crippen molar-refractivity contribution in [2.45, 2.75) is 13.8 Å². The molecular formula is C24H26N4O. The number of pyridine rings is 1. The lowest BCUT2D eigenvalue weighted by molar-refractivity contribution is 0.0746. The van der Waals surface area contributed by atoms with E-state index in [1.165, 1.54) is 16.8 Å². The molecule has 2 aromatic carbocycles. The van der Waals surface area contributed by atoms with E-state index in [1.807, 2.05) is 29.2 Å². The SMILES string of the molecule is Cc1cccc(Nc2ccc(C(=O)N3CCN(c4cccc(C)c4)CC3)cn2)c1. The van der Waals surface area contributed by atoms with Crippen LogP contribution in [0.3, 0.4) is 0 Å². The molecule has 0 spiro atoms. The van der Waals surface area contributed by atoms with Crippen LogP contribution in [-0.2, 0) is 0 Å². The molecule has 1 aliphatic heterocycles. The molecule has 148 valence electrons. The smallest absolute Gasteiger partial charge is 0.255 e. The normalized spacial score (nSPS) is 14.0. The number of hydrogen-bond donors (Lipinski definition) is 1. The summed E-state index contributed by atoms with van der Waals surface area (Å²) in [5.41, 5.74) is 5.29. The van der Waals surface area contributed by atoms with E-state index in [-0.39, 0.29) is 5.91 Å². The number of carbonyl (C=O) groups is 1. The van der Waals surface area contributed by atoms with Gasteiger partial charge in [0.15, 0.2) is 0 Å². The third kappa shape index (κ3) is 4.57. The van der Waals surface area contributed by atoms with Crippen LogP contribution in [0.4, 0.5) is 17.2 Å². The van der Waals surface area contributed by atoms with Crippen LogP contribution in [0.2, 0.25) is 0 Å². The molecular weight excluding hydrogens is 360 g/mol. The highest BCUT2D eigenvalue weighted by molar-refractivity contribution is 5.94. The first-order valence-electron chi connectivity index (χ1n) is 9.99. The molecule has 0 aliphatic carbocycles. The molecule has 1 fully saturated rings. The summed E-state index contributed by atoms with van der Waals surface area (Å²) < 4.78 is 0. The van der Waals surface area contributed by atoms with Gasteiger partial charge in [0, 0.05) is 43.8 Å². The van der Waals surface area contributed by atoms with Crippen LogP contribution in [0.1, 0.15) is 21.5 Å². The van der Waals surface area contributed by atoms with Crippen molar-refractivity contribution in [3.8, 4) is 0 Å². The fourth-order valence-corrected chi connectivity index (χ4v) is 3.64. The van der Waals surface area contributed by atoms with E-state index in [0.717, 1.165) is 37.7 Å². The Morgan fingerprint density at radius 3 is 2.28 bits per heavy atom. The number of carbonyl (C=O) groups excluding carboxylic acids is 1. The van der Waals surface area contributed by atoms with Gasteiger partial charge in [0.25, 0.3) is 5.91 Å². The molecule has 5 nitrogen and oxygen atoms in total. The minimum atomic E-state index is 0.0449. The molecule has 0 atom stereocenters. The molecule has 0 radical (unpaired) electrons. The number of piperazine rings is 1. The van der Waals surface area contributed by atoms with Crippen molar-refractivity contribution in [1.82, 2.24) is 9.88 Å². The van der Waals surface area contributed by atoms with Gasteiger partial charge in [-0.1, -0.05) is 24.3 Å². The van der Waals surface area contributed by atoms with E-state index >= 15 is 0 Å². The summed E-state index contributed by atoms with van der Waals surface area (Å²) in [5.74, 6) is 0.778. The molecule has 29 heavy (non-hydrogen) atoms. The Bertz CT molecular complexity index is 992. The fourth-order valence-electron chi connectivity index (χ4n) is 3.64. The molecule has 0 saturated carbocycles. The molecule has 1 aliphatic rings. The molecule has 5 heteroatoms. The van der Waals surface area contributed by atoms with Gasteiger partial charge < -0.3 is 15.1 Å². The number of amides is 1. The van der Waals surface area contributed by atoms with Crippen LogP contribution in [-0.4, -0.2) is 42.0 Å². The summed E-state index contributed by atoms with van der Waals surface area (Å²) in [5, 5.41) is 3.28. The average Bonchev–Trinajstić information content (AvgIpc) is 2.74. The minimum absolute atomic E-state index is 0.0449. The van der Waals surface area contributed by atoms with E-state index in [2.05, 4.69) is 65.4 Å². The lowest BCUT2D eigenvalue weighted by Crippen LogP contribution is -2.48. The van der Waals surface area contributed by atoms with Gasteiger partial charge in [0.05, 0.1) is 5.56 Å². The highest BCUT2D eigenvalue weighted by atomic mass is 16.2. The second kappa shape index (κ2) is 8.35. The molecule has 2 heterocycles. The first-order valence-corrected chi connectivity index (χ1v) is 9.99. The van der Waals surface area contributed by atoms with E-state index < -0.39 is 0 Å². The second-order valence-corrected chi connectivity index (χ2v) is 7.54. The van der Waals surface area contributed by atoms with Gasteiger partial charge in [-0.2, -0.15) is 0 Å². The second-order valence-electron chi connectivity index (χ2n) is 7.54. The Balaban J connectivity index is 1.36. The predicted molar refractivity (Wildman–Crippen MR) is 118 cm³/mol. The van der Waals surface area contributed by atoms with Gasteiger partial charge in [0.1, 0.15) is 5.82 Å². The van der Waals surface area contributed by atoms with Gasteiger partial charge in [0.2, 0.25) is 0 Å². The summed E-state index contributed by atoms with van der Waals surface area (Å²) in [6.07, 6.45) is 1.66. The van der Waals surface area contributed by atoms with E-state index in [9.17, 15) is 4.79 Å². The van der Waals surface area contributed by atoms with Gasteiger partial charge in [-0.05, 0) is 61.4 Å². The lowest BCUT2D eigenvalue weighted by atomic mass is 10.1. The molecule has 0 unspecified atom stereocenters. The van der Waals surface area contributed by atoms with Gasteiger partial charge in [-0.25, -0.2) is 4.98 Å². The number of hydrogen-bond acceptors (Lipinski definition) is 4. The molecule has 1 N–H and O–H groups in total. The molecule has 0 bridgehead atoms. The summed E-state index contributed by atoms with van der Waals surface area (Å²) in [4.78, 5) is 21.5. The standard InChI is InChI=1S/C24H26N4O/c1-18-5-3-7-21(15-18)26-23-10-9-20(17-25-23)24(29)28-13-11-27(12-14-28)22-8-4-6-19(2)16-22/h3-10,15-17H,11-14H2,1-2H3,(H,25,26). The number of nitrogens with zero attached hydrogens (tertiary/aromatic N) is 3. The van der Waals surface area contributed by atoms with Crippen molar-refractivity contribution in [3.63, 3.8) is 0 Å². The van der Waals surface area contributed by atoms with Crippen molar-refractivity contribution < 1.29 is 4.79 Å². The van der Waals surface area contributed by atoms with Crippen molar-refractivity contribution in [2.75, 3.05) is 36.4 Å². The fraction of sp³-hybridized carbons (Fsp3) is 0.250. The molecule has 3 aromatic rings. The number of benzene rings is 2. The number of aryl methyl sites for hydroxylation is 2. The Morgan fingerprint density at radius 2 is 1.62 bits per heavy atom. The number of aromatic nitrogens is 1. The number of anilines is 3. The third-order valence-electron chi connectivity index (χ3n) is 5.23. The summed E-state index contributed by atoms with van der Waals surface area (Å²) in [6.45, 7) is 7.28. The van der Waals surface area contributed by atoms with Crippen molar-refractivity contribution in [1.29, 1.82) is 0 Å². The van der Waals surface area contributed by atoms with Crippen molar-refractivity contribution in [3.05, 3.63) is 83.6 Å². The number of rotatable bonds is 4. The average molecular weight is 386 g/mol. The molecule has 4 rings (SSSR count). The van der Waals surface area contributed by atoms with Gasteiger partial charge in [-0.15, -0.1) is 0 Å². The van der Waals surface area contributed by atoms with E-state index in [4.69, 9.17) is 0 Å². The van der Waals surface area contributed by atoms with Gasteiger partial charge >= 0.3 is 0 Å². The van der Waals surface area contributed by atoms with Crippen LogP contribution < -0.4 is 10.2 Å². The summed E-state index contributed by atoms with van der Waals surface area (Å²) in [7, 11) is 0. The number of nitrogens with one attached hydrogen (secondary N) is 1. The molecule has 1 aromatic heterocycles. The van der Waals surface area contributed by atoms with Crippen LogP contribution in [0.25, 0.3) is 0 Å². The maximum atomic E-state index is 12.9. The predicted octanol–water partition coefficient (Wildman–Crippen LogP) is 4.40. The molecule has 1 amide bonds. The third-order valence-corrected chi connectivity index (χ3v) is 5.23. The quantitative estimate of drug-likeness (QED) is 0.722. The Kier molecular flexibility index (Phi) is 5.47.